The summed E-state index contributed by atoms with van der Waals surface area (Å²) < 4.78 is 2.99. The summed E-state index contributed by atoms with van der Waals surface area (Å²) in [5.74, 6) is 0. The predicted octanol–water partition coefficient (Wildman–Crippen LogP) is 3.94. The molecule has 0 aliphatic rings. The van der Waals surface area contributed by atoms with Crippen LogP contribution in [0.3, 0.4) is 0 Å². The van der Waals surface area contributed by atoms with Crippen molar-refractivity contribution in [3.63, 3.8) is 0 Å². The van der Waals surface area contributed by atoms with Crippen LogP contribution in [0.5, 0.6) is 0 Å². The second kappa shape index (κ2) is 5.91. The third kappa shape index (κ3) is 3.00. The normalized spacial score (nSPS) is 12.5. The maximum Gasteiger partial charge on any atom is 0.0799 e. The standard InChI is InChI=1S/C15H14BrN3S/c16-15-7-6-12(20-15)10-13(17)14-8-9-19(18-14)11-4-2-1-3-5-11/h1-9,13H,10,17H2. The van der Waals surface area contributed by atoms with Crippen LogP contribution in [0.1, 0.15) is 16.6 Å². The second-order valence-electron chi connectivity index (χ2n) is 4.54. The Bertz CT molecular complexity index is 690. The molecule has 0 saturated carbocycles. The first-order valence-electron chi connectivity index (χ1n) is 6.33. The first-order chi connectivity index (χ1) is 9.72. The van der Waals surface area contributed by atoms with Gasteiger partial charge in [-0.15, -0.1) is 11.3 Å². The quantitative estimate of drug-likeness (QED) is 0.776. The molecule has 2 N–H and O–H groups in total. The Kier molecular flexibility index (Phi) is 4.00. The highest BCUT2D eigenvalue weighted by atomic mass is 79.9. The van der Waals surface area contributed by atoms with Crippen LogP contribution in [-0.2, 0) is 6.42 Å². The van der Waals surface area contributed by atoms with E-state index in [-0.39, 0.29) is 6.04 Å². The van der Waals surface area contributed by atoms with E-state index in [4.69, 9.17) is 5.73 Å². The average Bonchev–Trinajstić information content (AvgIpc) is 3.09. The molecule has 0 bridgehead atoms. The molecule has 0 fully saturated rings. The van der Waals surface area contributed by atoms with Crippen molar-refractivity contribution in [3.05, 3.63) is 69.1 Å². The van der Waals surface area contributed by atoms with E-state index in [9.17, 15) is 0 Å². The summed E-state index contributed by atoms with van der Waals surface area (Å²) in [7, 11) is 0. The summed E-state index contributed by atoms with van der Waals surface area (Å²) >= 11 is 5.19. The number of para-hydroxylation sites is 1. The van der Waals surface area contributed by atoms with Gasteiger partial charge in [0.25, 0.3) is 0 Å². The summed E-state index contributed by atoms with van der Waals surface area (Å²) in [6.45, 7) is 0. The molecule has 2 heterocycles. The monoisotopic (exact) mass is 347 g/mol. The van der Waals surface area contributed by atoms with E-state index in [1.165, 1.54) is 4.88 Å². The molecule has 5 heteroatoms. The topological polar surface area (TPSA) is 43.8 Å². The Morgan fingerprint density at radius 2 is 1.95 bits per heavy atom. The summed E-state index contributed by atoms with van der Waals surface area (Å²) in [5.41, 5.74) is 8.20. The van der Waals surface area contributed by atoms with Gasteiger partial charge in [0.1, 0.15) is 0 Å². The van der Waals surface area contributed by atoms with Gasteiger partial charge in [-0.25, -0.2) is 4.68 Å². The lowest BCUT2D eigenvalue weighted by Gasteiger charge is -2.07. The Balaban J connectivity index is 1.76. The van der Waals surface area contributed by atoms with Crippen LogP contribution in [0.25, 0.3) is 5.69 Å². The molecule has 3 aromatic rings. The summed E-state index contributed by atoms with van der Waals surface area (Å²) in [6.07, 6.45) is 2.76. The van der Waals surface area contributed by atoms with Gasteiger partial charge in [0.2, 0.25) is 0 Å². The molecule has 0 aliphatic carbocycles. The highest BCUT2D eigenvalue weighted by molar-refractivity contribution is 9.11. The van der Waals surface area contributed by atoms with Crippen LogP contribution in [0.15, 0.2) is 58.5 Å². The minimum Gasteiger partial charge on any atom is -0.322 e. The van der Waals surface area contributed by atoms with Gasteiger partial charge in [0, 0.05) is 17.5 Å². The minimum absolute atomic E-state index is 0.0782. The first kappa shape index (κ1) is 13.5. The zero-order valence-corrected chi connectivity index (χ0v) is 13.1. The van der Waals surface area contributed by atoms with Gasteiger partial charge in [-0.1, -0.05) is 18.2 Å². The average molecular weight is 348 g/mol. The van der Waals surface area contributed by atoms with Gasteiger partial charge in [-0.05, 0) is 46.3 Å². The Morgan fingerprint density at radius 1 is 1.15 bits per heavy atom. The fraction of sp³-hybridized carbons (Fsp3) is 0.133. The van der Waals surface area contributed by atoms with Crippen molar-refractivity contribution in [1.29, 1.82) is 0 Å². The van der Waals surface area contributed by atoms with Gasteiger partial charge in [-0.3, -0.25) is 0 Å². The molecular weight excluding hydrogens is 334 g/mol. The van der Waals surface area contributed by atoms with Gasteiger partial charge < -0.3 is 5.73 Å². The lowest BCUT2D eigenvalue weighted by molar-refractivity contribution is 0.684. The smallest absolute Gasteiger partial charge is 0.0799 e. The fourth-order valence-corrected chi connectivity index (χ4v) is 3.58. The number of nitrogens with zero attached hydrogens (tertiary/aromatic N) is 2. The number of thiophene rings is 1. The van der Waals surface area contributed by atoms with Crippen molar-refractivity contribution in [1.82, 2.24) is 9.78 Å². The molecule has 0 radical (unpaired) electrons. The molecule has 0 saturated heterocycles. The molecule has 102 valence electrons. The molecule has 20 heavy (non-hydrogen) atoms. The summed E-state index contributed by atoms with van der Waals surface area (Å²) in [5, 5.41) is 4.57. The molecule has 2 aromatic heterocycles. The van der Waals surface area contributed by atoms with Crippen molar-refractivity contribution in [2.75, 3.05) is 0 Å². The zero-order valence-electron chi connectivity index (χ0n) is 10.7. The largest absolute Gasteiger partial charge is 0.322 e. The van der Waals surface area contributed by atoms with Crippen LogP contribution in [0.4, 0.5) is 0 Å². The number of rotatable bonds is 4. The number of benzene rings is 1. The van der Waals surface area contributed by atoms with E-state index in [0.717, 1.165) is 21.6 Å². The number of nitrogens with two attached hydrogens (primary N) is 1. The first-order valence-corrected chi connectivity index (χ1v) is 7.94. The fourth-order valence-electron chi connectivity index (χ4n) is 2.04. The SMILES string of the molecule is NC(Cc1ccc(Br)s1)c1ccn(-c2ccccc2)n1. The van der Waals surface area contributed by atoms with Crippen molar-refractivity contribution in [2.24, 2.45) is 5.73 Å². The third-order valence-corrected chi connectivity index (χ3v) is 4.71. The van der Waals surface area contributed by atoms with E-state index in [2.05, 4.69) is 33.2 Å². The van der Waals surface area contributed by atoms with E-state index in [1.807, 2.05) is 47.3 Å². The van der Waals surface area contributed by atoms with Gasteiger partial charge in [0.05, 0.1) is 21.2 Å². The minimum atomic E-state index is -0.0782. The van der Waals surface area contributed by atoms with Crippen molar-refractivity contribution >= 4 is 27.3 Å². The number of hydrogen-bond donors (Lipinski definition) is 1. The van der Waals surface area contributed by atoms with Gasteiger partial charge >= 0.3 is 0 Å². The van der Waals surface area contributed by atoms with Crippen LogP contribution in [0.2, 0.25) is 0 Å². The molecule has 0 spiro atoms. The Morgan fingerprint density at radius 3 is 2.65 bits per heavy atom. The van der Waals surface area contributed by atoms with Crippen LogP contribution < -0.4 is 5.73 Å². The van der Waals surface area contributed by atoms with Crippen LogP contribution in [-0.4, -0.2) is 9.78 Å². The van der Waals surface area contributed by atoms with E-state index in [1.54, 1.807) is 11.3 Å². The van der Waals surface area contributed by atoms with Crippen molar-refractivity contribution < 1.29 is 0 Å². The zero-order chi connectivity index (χ0) is 13.9. The Labute approximate surface area is 130 Å². The Hall–Kier alpha value is -1.43. The maximum atomic E-state index is 6.24. The van der Waals surface area contributed by atoms with Gasteiger partial charge in [0.15, 0.2) is 0 Å². The lowest BCUT2D eigenvalue weighted by Crippen LogP contribution is -2.13. The third-order valence-electron chi connectivity index (χ3n) is 3.06. The maximum absolute atomic E-state index is 6.24. The molecule has 3 nitrogen and oxygen atoms in total. The number of aromatic nitrogens is 2. The van der Waals surface area contributed by atoms with Gasteiger partial charge in [-0.2, -0.15) is 5.10 Å². The molecule has 3 rings (SSSR count). The lowest BCUT2D eigenvalue weighted by atomic mass is 10.1. The van der Waals surface area contributed by atoms with Crippen molar-refractivity contribution in [2.45, 2.75) is 12.5 Å². The molecular formula is C15H14BrN3S. The number of halogens is 1. The van der Waals surface area contributed by atoms with E-state index >= 15 is 0 Å². The molecule has 0 amide bonds. The molecule has 1 aromatic carbocycles. The van der Waals surface area contributed by atoms with E-state index in [0.29, 0.717) is 0 Å². The molecule has 1 atom stereocenters. The summed E-state index contributed by atoms with van der Waals surface area (Å²) in [6, 6.07) is 16.1. The predicted molar refractivity (Wildman–Crippen MR) is 86.2 cm³/mol. The second-order valence-corrected chi connectivity index (χ2v) is 7.08. The van der Waals surface area contributed by atoms with Crippen LogP contribution in [0, 0.1) is 0 Å². The highest BCUT2D eigenvalue weighted by Crippen LogP contribution is 2.25. The number of hydrogen-bond acceptors (Lipinski definition) is 3. The molecule has 1 unspecified atom stereocenters. The highest BCUT2D eigenvalue weighted by Gasteiger charge is 2.12. The molecule has 0 aliphatic heterocycles. The van der Waals surface area contributed by atoms with Crippen molar-refractivity contribution in [3.8, 4) is 5.69 Å². The van der Waals surface area contributed by atoms with E-state index < -0.39 is 0 Å². The summed E-state index contributed by atoms with van der Waals surface area (Å²) in [4.78, 5) is 1.26. The van der Waals surface area contributed by atoms with Crippen LogP contribution >= 0.6 is 27.3 Å².